The topological polar surface area (TPSA) is 137 Å². The summed E-state index contributed by atoms with van der Waals surface area (Å²) >= 11 is 0. The summed E-state index contributed by atoms with van der Waals surface area (Å²) in [6.45, 7) is 1.96. The molecule has 2 aromatic carbocycles. The minimum Gasteiger partial charge on any atom is -0.481 e. The van der Waals surface area contributed by atoms with Crippen molar-refractivity contribution in [3.05, 3.63) is 76.1 Å². The molecule has 0 radical (unpaired) electrons. The number of rotatable bonds is 8. The van der Waals surface area contributed by atoms with E-state index in [4.69, 9.17) is 9.84 Å². The van der Waals surface area contributed by atoms with Gasteiger partial charge < -0.3 is 15.2 Å². The highest BCUT2D eigenvalue weighted by Crippen LogP contribution is 2.31. The van der Waals surface area contributed by atoms with Gasteiger partial charge in [0.05, 0.1) is 29.6 Å². The summed E-state index contributed by atoms with van der Waals surface area (Å²) in [5.74, 6) is -0.839. The van der Waals surface area contributed by atoms with E-state index >= 15 is 0 Å². The molecule has 0 saturated heterocycles. The van der Waals surface area contributed by atoms with E-state index in [1.165, 1.54) is 35.1 Å². The lowest BCUT2D eigenvalue weighted by atomic mass is 10.2. The molecular formula is C20H18N4O6. The Labute approximate surface area is 170 Å². The number of nitrogens with one attached hydrogen (secondary N) is 1. The molecule has 1 amide bonds. The van der Waals surface area contributed by atoms with Crippen molar-refractivity contribution < 1.29 is 24.4 Å². The Kier molecular flexibility index (Phi) is 6.06. The van der Waals surface area contributed by atoms with Crippen LogP contribution < -0.4 is 10.1 Å². The van der Waals surface area contributed by atoms with Crippen LogP contribution in [0.4, 0.5) is 11.4 Å². The van der Waals surface area contributed by atoms with Crippen molar-refractivity contribution in [2.75, 3.05) is 5.32 Å². The number of amides is 1. The van der Waals surface area contributed by atoms with Crippen LogP contribution in [0.2, 0.25) is 0 Å². The number of aliphatic carboxylic acids is 1. The fourth-order valence-electron chi connectivity index (χ4n) is 2.63. The number of nitro groups is 1. The van der Waals surface area contributed by atoms with Gasteiger partial charge in [-0.2, -0.15) is 5.10 Å². The van der Waals surface area contributed by atoms with Gasteiger partial charge in [-0.3, -0.25) is 24.4 Å². The second kappa shape index (κ2) is 8.86. The molecule has 3 aromatic rings. The van der Waals surface area contributed by atoms with Crippen LogP contribution in [0.1, 0.15) is 22.5 Å². The van der Waals surface area contributed by atoms with Crippen molar-refractivity contribution in [1.82, 2.24) is 9.78 Å². The number of carbonyl (C=O) groups is 2. The van der Waals surface area contributed by atoms with Gasteiger partial charge in [-0.1, -0.05) is 18.2 Å². The molecule has 0 atom stereocenters. The van der Waals surface area contributed by atoms with Gasteiger partial charge in [0.25, 0.3) is 11.6 Å². The number of ether oxygens (including phenoxy) is 1. The summed E-state index contributed by atoms with van der Waals surface area (Å²) in [4.78, 5) is 33.8. The van der Waals surface area contributed by atoms with E-state index in [-0.39, 0.29) is 35.8 Å². The van der Waals surface area contributed by atoms with Gasteiger partial charge in [-0.15, -0.1) is 0 Å². The Morgan fingerprint density at radius 3 is 2.70 bits per heavy atom. The number of carboxylic acids is 1. The zero-order valence-electron chi connectivity index (χ0n) is 15.9. The number of aromatic nitrogens is 2. The highest BCUT2D eigenvalue weighted by atomic mass is 16.6. The van der Waals surface area contributed by atoms with Crippen LogP contribution in [-0.2, 0) is 11.3 Å². The minimum absolute atomic E-state index is 0.0493. The van der Waals surface area contributed by atoms with Crippen LogP contribution >= 0.6 is 0 Å². The van der Waals surface area contributed by atoms with Crippen LogP contribution in [0.15, 0.2) is 54.7 Å². The molecule has 1 aromatic heterocycles. The van der Waals surface area contributed by atoms with Gasteiger partial charge in [0, 0.05) is 18.3 Å². The number of carboxylic acid groups (broad SMARTS) is 1. The lowest BCUT2D eigenvalue weighted by molar-refractivity contribution is -0.384. The van der Waals surface area contributed by atoms with Crippen molar-refractivity contribution in [3.8, 4) is 11.5 Å². The van der Waals surface area contributed by atoms with Gasteiger partial charge >= 0.3 is 5.97 Å². The first-order chi connectivity index (χ1) is 14.3. The molecule has 0 fully saturated rings. The number of nitrogens with zero attached hydrogens (tertiary/aromatic N) is 3. The smallest absolute Gasteiger partial charge is 0.305 e. The van der Waals surface area contributed by atoms with Crippen molar-refractivity contribution in [3.63, 3.8) is 0 Å². The lowest BCUT2D eigenvalue weighted by Gasteiger charge is -2.10. The zero-order chi connectivity index (χ0) is 21.7. The molecule has 0 bridgehead atoms. The Bertz CT molecular complexity index is 1110. The number of hydrogen-bond acceptors (Lipinski definition) is 6. The number of non-ortho nitro benzene ring substituents is 1. The first kappa shape index (κ1) is 20.5. The Hall–Kier alpha value is -4.21. The van der Waals surface area contributed by atoms with Gasteiger partial charge in [0.1, 0.15) is 11.5 Å². The molecule has 0 aliphatic carbocycles. The number of carbonyl (C=O) groups excluding carboxylic acids is 1. The lowest BCUT2D eigenvalue weighted by Crippen LogP contribution is -2.14. The summed E-state index contributed by atoms with van der Waals surface area (Å²) < 4.78 is 7.09. The highest BCUT2D eigenvalue weighted by molar-refractivity contribution is 6.03. The van der Waals surface area contributed by atoms with Crippen LogP contribution in [-0.4, -0.2) is 31.7 Å². The monoisotopic (exact) mass is 410 g/mol. The van der Waals surface area contributed by atoms with Crippen LogP contribution in [0.3, 0.4) is 0 Å². The molecule has 154 valence electrons. The third kappa shape index (κ3) is 5.19. The van der Waals surface area contributed by atoms with E-state index in [9.17, 15) is 19.7 Å². The fourth-order valence-corrected chi connectivity index (χ4v) is 2.63. The molecule has 0 saturated carbocycles. The summed E-state index contributed by atoms with van der Waals surface area (Å²) in [6, 6.07) is 12.6. The van der Waals surface area contributed by atoms with Gasteiger partial charge in [-0.05, 0) is 24.6 Å². The molecule has 2 N–H and O–H groups in total. The average molecular weight is 410 g/mol. The maximum absolute atomic E-state index is 12.5. The molecule has 3 rings (SSSR count). The molecule has 30 heavy (non-hydrogen) atoms. The van der Waals surface area contributed by atoms with Gasteiger partial charge in [0.2, 0.25) is 0 Å². The summed E-state index contributed by atoms with van der Waals surface area (Å²) in [7, 11) is 0. The maximum atomic E-state index is 12.5. The SMILES string of the molecule is Cc1ccccc1Oc1cc(NC(=O)c2ccn(CCC(=O)O)n2)cc([N+](=O)[O-])c1. The van der Waals surface area contributed by atoms with Crippen molar-refractivity contribution in [2.24, 2.45) is 0 Å². The second-order valence-corrected chi connectivity index (χ2v) is 6.40. The normalized spacial score (nSPS) is 10.4. The van der Waals surface area contributed by atoms with Crippen molar-refractivity contribution in [2.45, 2.75) is 19.9 Å². The van der Waals surface area contributed by atoms with Crippen molar-refractivity contribution >= 4 is 23.3 Å². The van der Waals surface area contributed by atoms with Crippen molar-refractivity contribution in [1.29, 1.82) is 0 Å². The molecular weight excluding hydrogens is 392 g/mol. The Morgan fingerprint density at radius 1 is 1.23 bits per heavy atom. The molecule has 0 aliphatic heterocycles. The average Bonchev–Trinajstić information content (AvgIpc) is 3.17. The number of aryl methyl sites for hydroxylation is 2. The van der Waals surface area contributed by atoms with E-state index in [1.807, 2.05) is 19.1 Å². The minimum atomic E-state index is -0.978. The number of hydrogen-bond donors (Lipinski definition) is 2. The zero-order valence-corrected chi connectivity index (χ0v) is 15.9. The predicted octanol–water partition coefficient (Wildman–Crippen LogP) is 3.62. The van der Waals surface area contributed by atoms with E-state index in [0.29, 0.717) is 5.75 Å². The highest BCUT2D eigenvalue weighted by Gasteiger charge is 2.16. The molecule has 10 heteroatoms. The maximum Gasteiger partial charge on any atom is 0.305 e. The van der Waals surface area contributed by atoms with E-state index in [1.54, 1.807) is 12.1 Å². The largest absolute Gasteiger partial charge is 0.481 e. The Morgan fingerprint density at radius 2 is 2.00 bits per heavy atom. The predicted molar refractivity (Wildman–Crippen MR) is 107 cm³/mol. The Balaban J connectivity index is 1.80. The van der Waals surface area contributed by atoms with Gasteiger partial charge in [0.15, 0.2) is 5.69 Å². The third-order valence-corrected chi connectivity index (χ3v) is 4.11. The molecule has 0 spiro atoms. The van der Waals surface area contributed by atoms with Crippen LogP contribution in [0.5, 0.6) is 11.5 Å². The third-order valence-electron chi connectivity index (χ3n) is 4.11. The second-order valence-electron chi connectivity index (χ2n) is 6.40. The summed E-state index contributed by atoms with van der Waals surface area (Å²) in [5.41, 5.74) is 0.816. The van der Waals surface area contributed by atoms with Gasteiger partial charge in [-0.25, -0.2) is 0 Å². The van der Waals surface area contributed by atoms with E-state index < -0.39 is 16.8 Å². The first-order valence-electron chi connectivity index (χ1n) is 8.91. The first-order valence-corrected chi connectivity index (χ1v) is 8.91. The summed E-state index contributed by atoms with van der Waals surface area (Å²) in [6.07, 6.45) is 1.35. The molecule has 0 unspecified atom stereocenters. The van der Waals surface area contributed by atoms with Crippen LogP contribution in [0.25, 0.3) is 0 Å². The molecule has 1 heterocycles. The van der Waals surface area contributed by atoms with Crippen LogP contribution in [0, 0.1) is 17.0 Å². The fraction of sp³-hybridized carbons (Fsp3) is 0.150. The number of nitro benzene ring substituents is 1. The number of para-hydroxylation sites is 1. The number of anilines is 1. The summed E-state index contributed by atoms with van der Waals surface area (Å²) in [5, 5.41) is 26.6. The standard InChI is InChI=1S/C20H18N4O6/c1-13-4-2-3-5-18(13)30-16-11-14(10-15(12-16)24(28)29)21-20(27)17-6-8-23(22-17)9-7-19(25)26/h2-6,8,10-12H,7,9H2,1H3,(H,21,27)(H,25,26). The molecule has 0 aliphatic rings. The van der Waals surface area contributed by atoms with E-state index in [0.717, 1.165) is 5.56 Å². The quantitative estimate of drug-likeness (QED) is 0.427. The molecule has 10 nitrogen and oxygen atoms in total. The number of benzene rings is 2. The van der Waals surface area contributed by atoms with E-state index in [2.05, 4.69) is 10.4 Å².